The Balaban J connectivity index is 1.83. The Bertz CT molecular complexity index is 570. The fraction of sp³-hybridized carbons (Fsp3) is 0.143. The molecule has 2 rings (SSSR count). The molecule has 1 heterocycles. The Labute approximate surface area is 115 Å². The highest BCUT2D eigenvalue weighted by Crippen LogP contribution is 2.11. The predicted molar refractivity (Wildman–Crippen MR) is 74.3 cm³/mol. The van der Waals surface area contributed by atoms with E-state index in [2.05, 4.69) is 15.6 Å². The second-order valence-electron chi connectivity index (χ2n) is 4.00. The van der Waals surface area contributed by atoms with Crippen molar-refractivity contribution in [3.8, 4) is 5.88 Å². The van der Waals surface area contributed by atoms with Crippen molar-refractivity contribution >= 4 is 17.3 Å². The molecule has 5 nitrogen and oxygen atoms in total. The van der Waals surface area contributed by atoms with E-state index in [4.69, 9.17) is 4.74 Å². The Morgan fingerprint density at radius 2 is 1.90 bits per heavy atom. The predicted octanol–water partition coefficient (Wildman–Crippen LogP) is 2.28. The van der Waals surface area contributed by atoms with Crippen LogP contribution in [-0.4, -0.2) is 24.5 Å². The lowest BCUT2D eigenvalue weighted by molar-refractivity contribution is -0.114. The second kappa shape index (κ2) is 6.51. The zero-order valence-electron chi connectivity index (χ0n) is 10.9. The molecular formula is C14H14FN3O2. The van der Waals surface area contributed by atoms with Gasteiger partial charge in [0.25, 0.3) is 0 Å². The molecule has 2 aromatic rings. The van der Waals surface area contributed by atoms with Crippen LogP contribution in [0.15, 0.2) is 42.6 Å². The molecule has 0 radical (unpaired) electrons. The molecular weight excluding hydrogens is 261 g/mol. The first-order valence-electron chi connectivity index (χ1n) is 5.97. The number of halogens is 1. The van der Waals surface area contributed by atoms with Crippen molar-refractivity contribution in [2.75, 3.05) is 24.3 Å². The van der Waals surface area contributed by atoms with Gasteiger partial charge in [0.1, 0.15) is 5.82 Å². The third-order valence-corrected chi connectivity index (χ3v) is 2.53. The minimum Gasteiger partial charge on any atom is -0.481 e. The Kier molecular flexibility index (Phi) is 4.49. The van der Waals surface area contributed by atoms with Gasteiger partial charge < -0.3 is 15.4 Å². The number of hydrogen-bond donors (Lipinski definition) is 2. The van der Waals surface area contributed by atoms with E-state index in [1.54, 1.807) is 18.3 Å². The minimum absolute atomic E-state index is 0.0887. The number of carbonyl (C=O) groups excluding carboxylic acids is 1. The van der Waals surface area contributed by atoms with E-state index in [0.29, 0.717) is 17.3 Å². The zero-order chi connectivity index (χ0) is 14.4. The van der Waals surface area contributed by atoms with Crippen LogP contribution in [0.3, 0.4) is 0 Å². The number of aromatic nitrogens is 1. The fourth-order valence-electron chi connectivity index (χ4n) is 1.53. The van der Waals surface area contributed by atoms with Gasteiger partial charge in [-0.25, -0.2) is 9.37 Å². The molecule has 0 fully saturated rings. The number of anilines is 2. The summed E-state index contributed by atoms with van der Waals surface area (Å²) in [7, 11) is 1.53. The van der Waals surface area contributed by atoms with E-state index in [-0.39, 0.29) is 18.3 Å². The largest absolute Gasteiger partial charge is 0.481 e. The number of rotatable bonds is 5. The van der Waals surface area contributed by atoms with Crippen LogP contribution in [0.4, 0.5) is 15.8 Å². The molecule has 0 aliphatic heterocycles. The number of hydrogen-bond acceptors (Lipinski definition) is 4. The molecule has 20 heavy (non-hydrogen) atoms. The van der Waals surface area contributed by atoms with Gasteiger partial charge in [0.05, 0.1) is 25.5 Å². The molecule has 0 unspecified atom stereocenters. The summed E-state index contributed by atoms with van der Waals surface area (Å²) in [5.74, 6) is -0.0656. The molecule has 104 valence electrons. The minimum atomic E-state index is -0.342. The van der Waals surface area contributed by atoms with E-state index in [1.165, 1.54) is 31.4 Å². The van der Waals surface area contributed by atoms with Crippen LogP contribution in [0.25, 0.3) is 0 Å². The monoisotopic (exact) mass is 275 g/mol. The van der Waals surface area contributed by atoms with Crippen molar-refractivity contribution in [1.29, 1.82) is 0 Å². The summed E-state index contributed by atoms with van der Waals surface area (Å²) < 4.78 is 17.6. The first-order chi connectivity index (χ1) is 9.67. The van der Waals surface area contributed by atoms with Crippen molar-refractivity contribution in [3.05, 3.63) is 48.4 Å². The third kappa shape index (κ3) is 3.94. The average molecular weight is 275 g/mol. The lowest BCUT2D eigenvalue weighted by atomic mass is 10.3. The summed E-state index contributed by atoms with van der Waals surface area (Å²) in [5, 5.41) is 5.57. The van der Waals surface area contributed by atoms with Gasteiger partial charge in [-0.3, -0.25) is 4.79 Å². The molecule has 0 spiro atoms. The van der Waals surface area contributed by atoms with Gasteiger partial charge in [0.2, 0.25) is 11.8 Å². The summed E-state index contributed by atoms with van der Waals surface area (Å²) in [6.07, 6.45) is 1.57. The van der Waals surface area contributed by atoms with Crippen LogP contribution in [-0.2, 0) is 4.79 Å². The molecule has 0 atom stereocenters. The third-order valence-electron chi connectivity index (χ3n) is 2.53. The van der Waals surface area contributed by atoms with Gasteiger partial charge in [-0.2, -0.15) is 0 Å². The van der Waals surface area contributed by atoms with Gasteiger partial charge in [-0.1, -0.05) is 0 Å². The number of benzene rings is 1. The van der Waals surface area contributed by atoms with Gasteiger partial charge in [0.15, 0.2) is 0 Å². The van der Waals surface area contributed by atoms with Gasteiger partial charge in [0, 0.05) is 11.8 Å². The molecule has 0 bridgehead atoms. The number of amides is 1. The van der Waals surface area contributed by atoms with Crippen LogP contribution < -0.4 is 15.4 Å². The van der Waals surface area contributed by atoms with E-state index in [1.807, 2.05) is 0 Å². The highest BCUT2D eigenvalue weighted by Gasteiger charge is 2.03. The van der Waals surface area contributed by atoms with E-state index in [9.17, 15) is 9.18 Å². The van der Waals surface area contributed by atoms with Crippen LogP contribution in [0.5, 0.6) is 5.88 Å². The van der Waals surface area contributed by atoms with Crippen molar-refractivity contribution in [2.24, 2.45) is 0 Å². The van der Waals surface area contributed by atoms with Crippen LogP contribution in [0.2, 0.25) is 0 Å². The van der Waals surface area contributed by atoms with Crippen molar-refractivity contribution in [2.45, 2.75) is 0 Å². The van der Waals surface area contributed by atoms with Crippen molar-refractivity contribution in [1.82, 2.24) is 4.98 Å². The maximum atomic E-state index is 12.7. The number of methoxy groups -OCH3 is 1. The van der Waals surface area contributed by atoms with Crippen molar-refractivity contribution in [3.63, 3.8) is 0 Å². The number of nitrogens with one attached hydrogen (secondary N) is 2. The molecule has 0 saturated carbocycles. The summed E-state index contributed by atoms with van der Waals surface area (Å²) in [6.45, 7) is 0.0887. The number of ether oxygens (including phenoxy) is 1. The lowest BCUT2D eigenvalue weighted by Crippen LogP contribution is -2.21. The molecule has 2 N–H and O–H groups in total. The molecule has 1 aromatic carbocycles. The molecule has 1 aromatic heterocycles. The number of pyridine rings is 1. The average Bonchev–Trinajstić information content (AvgIpc) is 2.48. The quantitative estimate of drug-likeness (QED) is 0.878. The van der Waals surface area contributed by atoms with E-state index in [0.717, 1.165) is 0 Å². The van der Waals surface area contributed by atoms with Crippen LogP contribution in [0.1, 0.15) is 0 Å². The standard InChI is InChI=1S/C14H14FN3O2/c1-20-14-7-6-12(8-17-14)16-9-13(19)18-11-4-2-10(15)3-5-11/h2-8,16H,9H2,1H3,(H,18,19). The molecule has 0 saturated heterocycles. The van der Waals surface area contributed by atoms with Crippen LogP contribution >= 0.6 is 0 Å². The SMILES string of the molecule is COc1ccc(NCC(=O)Nc2ccc(F)cc2)cn1. The normalized spacial score (nSPS) is 9.90. The summed E-state index contributed by atoms with van der Waals surface area (Å²) in [4.78, 5) is 15.7. The first-order valence-corrected chi connectivity index (χ1v) is 5.97. The highest BCUT2D eigenvalue weighted by atomic mass is 19.1. The molecule has 0 aliphatic rings. The Morgan fingerprint density at radius 3 is 2.50 bits per heavy atom. The maximum Gasteiger partial charge on any atom is 0.243 e. The Morgan fingerprint density at radius 1 is 1.20 bits per heavy atom. The first kappa shape index (κ1) is 13.8. The van der Waals surface area contributed by atoms with Gasteiger partial charge in [-0.05, 0) is 30.3 Å². The smallest absolute Gasteiger partial charge is 0.243 e. The van der Waals surface area contributed by atoms with E-state index >= 15 is 0 Å². The summed E-state index contributed by atoms with van der Waals surface area (Å²) >= 11 is 0. The summed E-state index contributed by atoms with van der Waals surface area (Å²) in [5.41, 5.74) is 1.26. The highest BCUT2D eigenvalue weighted by molar-refractivity contribution is 5.93. The van der Waals surface area contributed by atoms with Gasteiger partial charge >= 0.3 is 0 Å². The molecule has 0 aliphatic carbocycles. The van der Waals surface area contributed by atoms with Gasteiger partial charge in [-0.15, -0.1) is 0 Å². The van der Waals surface area contributed by atoms with Crippen LogP contribution in [0, 0.1) is 5.82 Å². The topological polar surface area (TPSA) is 63.2 Å². The second-order valence-corrected chi connectivity index (χ2v) is 4.00. The van der Waals surface area contributed by atoms with E-state index < -0.39 is 0 Å². The lowest BCUT2D eigenvalue weighted by Gasteiger charge is -2.08. The fourth-order valence-corrected chi connectivity index (χ4v) is 1.53. The zero-order valence-corrected chi connectivity index (χ0v) is 10.9. The molecule has 1 amide bonds. The van der Waals surface area contributed by atoms with Crippen molar-refractivity contribution < 1.29 is 13.9 Å². The Hall–Kier alpha value is -2.63. The number of carbonyl (C=O) groups is 1. The summed E-state index contributed by atoms with van der Waals surface area (Å²) in [6, 6.07) is 9.04. The maximum absolute atomic E-state index is 12.7. The molecule has 6 heteroatoms. The number of nitrogens with zero attached hydrogens (tertiary/aromatic N) is 1.